The van der Waals surface area contributed by atoms with Gasteiger partial charge in [-0.3, -0.25) is 4.79 Å². The van der Waals surface area contributed by atoms with Crippen molar-refractivity contribution in [3.63, 3.8) is 0 Å². The molecule has 0 aliphatic carbocycles. The van der Waals surface area contributed by atoms with Crippen LogP contribution in [0.2, 0.25) is 5.02 Å². The summed E-state index contributed by atoms with van der Waals surface area (Å²) in [6.45, 7) is 0. The molecule has 3 rings (SSSR count). The molecular formula is C20H15ClN2O5. The van der Waals surface area contributed by atoms with Crippen LogP contribution in [-0.4, -0.2) is 30.3 Å². The van der Waals surface area contributed by atoms with E-state index in [0.717, 1.165) is 0 Å². The van der Waals surface area contributed by atoms with Crippen LogP contribution in [0.15, 0.2) is 64.1 Å². The molecule has 1 aromatic heterocycles. The Morgan fingerprint density at radius 1 is 1.14 bits per heavy atom. The standard InChI is InChI=1S/C20H15ClN2O5/c1-27-20(26)14-8-6-12(21)10-16(14)18-9-7-13(28-18)11-22-23-19(25)15-4-2-3-5-17(15)24/h2-11,24H,1H3,(H,23,25)/b22-11+. The van der Waals surface area contributed by atoms with E-state index in [1.165, 1.54) is 25.5 Å². The summed E-state index contributed by atoms with van der Waals surface area (Å²) in [5, 5.41) is 13.9. The van der Waals surface area contributed by atoms with Gasteiger partial charge in [0.05, 0.1) is 24.5 Å². The largest absolute Gasteiger partial charge is 0.507 e. The van der Waals surface area contributed by atoms with Crippen LogP contribution in [0.5, 0.6) is 5.75 Å². The van der Waals surface area contributed by atoms with E-state index in [1.807, 2.05) is 0 Å². The van der Waals surface area contributed by atoms with E-state index in [4.69, 9.17) is 20.8 Å². The number of ether oxygens (including phenoxy) is 1. The second kappa shape index (κ2) is 8.41. The molecule has 0 unspecified atom stereocenters. The lowest BCUT2D eigenvalue weighted by molar-refractivity contribution is 0.0601. The summed E-state index contributed by atoms with van der Waals surface area (Å²) in [6, 6.07) is 14.1. The number of carbonyl (C=O) groups excluding carboxylic acids is 2. The van der Waals surface area contributed by atoms with Crippen LogP contribution in [0.4, 0.5) is 0 Å². The van der Waals surface area contributed by atoms with Gasteiger partial charge in [0.15, 0.2) is 0 Å². The molecule has 28 heavy (non-hydrogen) atoms. The van der Waals surface area contributed by atoms with Crippen molar-refractivity contribution >= 4 is 29.7 Å². The molecule has 0 saturated heterocycles. The van der Waals surface area contributed by atoms with E-state index in [-0.39, 0.29) is 11.3 Å². The molecule has 142 valence electrons. The zero-order chi connectivity index (χ0) is 20.1. The second-order valence-electron chi connectivity index (χ2n) is 5.60. The number of hydrogen-bond donors (Lipinski definition) is 2. The molecule has 1 heterocycles. The van der Waals surface area contributed by atoms with Gasteiger partial charge in [0.2, 0.25) is 0 Å². The molecule has 0 radical (unpaired) electrons. The summed E-state index contributed by atoms with van der Waals surface area (Å²) in [6.07, 6.45) is 1.30. The number of aromatic hydroxyl groups is 1. The Morgan fingerprint density at radius 3 is 2.68 bits per heavy atom. The zero-order valence-corrected chi connectivity index (χ0v) is 15.4. The average Bonchev–Trinajstić information content (AvgIpc) is 3.16. The summed E-state index contributed by atoms with van der Waals surface area (Å²) in [5.41, 5.74) is 3.17. The number of amides is 1. The van der Waals surface area contributed by atoms with Gasteiger partial charge in [0, 0.05) is 10.6 Å². The van der Waals surface area contributed by atoms with Gasteiger partial charge >= 0.3 is 5.97 Å². The van der Waals surface area contributed by atoms with E-state index >= 15 is 0 Å². The average molecular weight is 399 g/mol. The first-order valence-corrected chi connectivity index (χ1v) is 8.47. The molecule has 0 aliphatic rings. The Bertz CT molecular complexity index is 1060. The molecule has 0 bridgehead atoms. The number of furan rings is 1. The third-order valence-electron chi connectivity index (χ3n) is 3.79. The minimum atomic E-state index is -0.566. The molecule has 2 N–H and O–H groups in total. The Morgan fingerprint density at radius 2 is 1.93 bits per heavy atom. The minimum Gasteiger partial charge on any atom is -0.507 e. The monoisotopic (exact) mass is 398 g/mol. The number of phenolic OH excluding ortho intramolecular Hbond substituents is 1. The highest BCUT2D eigenvalue weighted by molar-refractivity contribution is 6.31. The van der Waals surface area contributed by atoms with Crippen molar-refractivity contribution in [2.45, 2.75) is 0 Å². The summed E-state index contributed by atoms with van der Waals surface area (Å²) >= 11 is 6.02. The first kappa shape index (κ1) is 19.2. The number of hydrogen-bond acceptors (Lipinski definition) is 6. The first-order valence-electron chi connectivity index (χ1n) is 8.09. The molecule has 0 saturated carbocycles. The van der Waals surface area contributed by atoms with Crippen LogP contribution >= 0.6 is 11.6 Å². The SMILES string of the molecule is COC(=O)c1ccc(Cl)cc1-c1ccc(/C=N/NC(=O)c2ccccc2O)o1. The second-order valence-corrected chi connectivity index (χ2v) is 6.04. The predicted octanol–water partition coefficient (Wildman–Crippen LogP) is 3.86. The third-order valence-corrected chi connectivity index (χ3v) is 4.02. The van der Waals surface area contributed by atoms with Gasteiger partial charge in [-0.2, -0.15) is 5.10 Å². The fourth-order valence-electron chi connectivity index (χ4n) is 2.46. The van der Waals surface area contributed by atoms with Crippen molar-refractivity contribution in [2.75, 3.05) is 7.11 Å². The van der Waals surface area contributed by atoms with Crippen LogP contribution in [-0.2, 0) is 4.74 Å². The van der Waals surface area contributed by atoms with Crippen LogP contribution in [0.25, 0.3) is 11.3 Å². The Kier molecular flexibility index (Phi) is 5.76. The van der Waals surface area contributed by atoms with Gasteiger partial charge in [0.1, 0.15) is 17.3 Å². The molecule has 2 aromatic carbocycles. The lowest BCUT2D eigenvalue weighted by Gasteiger charge is -2.06. The Hall–Kier alpha value is -3.58. The molecular weight excluding hydrogens is 384 g/mol. The summed E-state index contributed by atoms with van der Waals surface area (Å²) in [5.74, 6) is -0.510. The number of phenols is 1. The molecule has 7 nitrogen and oxygen atoms in total. The number of hydrazone groups is 1. The normalized spacial score (nSPS) is 10.8. The van der Waals surface area contributed by atoms with Crippen molar-refractivity contribution in [1.82, 2.24) is 5.43 Å². The molecule has 3 aromatic rings. The van der Waals surface area contributed by atoms with Crippen LogP contribution in [0, 0.1) is 0 Å². The summed E-state index contributed by atoms with van der Waals surface area (Å²) in [7, 11) is 1.29. The van der Waals surface area contributed by atoms with Crippen LogP contribution in [0.1, 0.15) is 26.5 Å². The van der Waals surface area contributed by atoms with Crippen molar-refractivity contribution in [3.8, 4) is 17.1 Å². The van der Waals surface area contributed by atoms with E-state index in [1.54, 1.807) is 42.5 Å². The molecule has 0 spiro atoms. The molecule has 0 fully saturated rings. The number of nitrogens with one attached hydrogen (secondary N) is 1. The smallest absolute Gasteiger partial charge is 0.338 e. The fraction of sp³-hybridized carbons (Fsp3) is 0.0500. The number of carbonyl (C=O) groups is 2. The van der Waals surface area contributed by atoms with Gasteiger partial charge in [-0.1, -0.05) is 23.7 Å². The molecule has 0 aliphatic heterocycles. The maximum Gasteiger partial charge on any atom is 0.338 e. The zero-order valence-electron chi connectivity index (χ0n) is 14.7. The maximum atomic E-state index is 12.0. The van der Waals surface area contributed by atoms with Gasteiger partial charge in [-0.15, -0.1) is 0 Å². The number of methoxy groups -OCH3 is 1. The highest BCUT2D eigenvalue weighted by atomic mass is 35.5. The number of rotatable bonds is 5. The highest BCUT2D eigenvalue weighted by Gasteiger charge is 2.16. The lowest BCUT2D eigenvalue weighted by atomic mass is 10.1. The van der Waals surface area contributed by atoms with E-state index in [2.05, 4.69) is 10.5 Å². The predicted molar refractivity (Wildman–Crippen MR) is 104 cm³/mol. The van der Waals surface area contributed by atoms with Gasteiger partial charge < -0.3 is 14.3 Å². The van der Waals surface area contributed by atoms with Crippen LogP contribution in [0.3, 0.4) is 0 Å². The number of para-hydroxylation sites is 1. The van der Waals surface area contributed by atoms with Crippen molar-refractivity contribution in [1.29, 1.82) is 0 Å². The maximum absolute atomic E-state index is 12.0. The first-order chi connectivity index (χ1) is 13.5. The van der Waals surface area contributed by atoms with Gasteiger partial charge in [0.25, 0.3) is 5.91 Å². The third kappa shape index (κ3) is 4.21. The summed E-state index contributed by atoms with van der Waals surface area (Å²) in [4.78, 5) is 23.9. The number of halogens is 1. The van der Waals surface area contributed by atoms with Crippen molar-refractivity contribution in [3.05, 3.63) is 76.5 Å². The Balaban J connectivity index is 1.77. The summed E-state index contributed by atoms with van der Waals surface area (Å²) < 4.78 is 10.4. The van der Waals surface area contributed by atoms with E-state index < -0.39 is 11.9 Å². The van der Waals surface area contributed by atoms with Crippen LogP contribution < -0.4 is 5.43 Å². The van der Waals surface area contributed by atoms with Crippen molar-refractivity contribution < 1.29 is 23.8 Å². The number of nitrogens with zero attached hydrogens (tertiary/aromatic N) is 1. The van der Waals surface area contributed by atoms with E-state index in [9.17, 15) is 14.7 Å². The number of benzene rings is 2. The van der Waals surface area contributed by atoms with Gasteiger partial charge in [-0.05, 0) is 42.5 Å². The molecule has 1 amide bonds. The van der Waals surface area contributed by atoms with E-state index in [0.29, 0.717) is 27.7 Å². The Labute approximate surface area is 165 Å². The fourth-order valence-corrected chi connectivity index (χ4v) is 2.63. The minimum absolute atomic E-state index is 0.0985. The van der Waals surface area contributed by atoms with Gasteiger partial charge in [-0.25, -0.2) is 10.2 Å². The molecule has 8 heteroatoms. The lowest BCUT2D eigenvalue weighted by Crippen LogP contribution is -2.17. The quantitative estimate of drug-likeness (QED) is 0.386. The number of esters is 1. The molecule has 0 atom stereocenters. The topological polar surface area (TPSA) is 101 Å². The van der Waals surface area contributed by atoms with Crippen molar-refractivity contribution in [2.24, 2.45) is 5.10 Å². The highest BCUT2D eigenvalue weighted by Crippen LogP contribution is 2.29.